The molecule has 4 heteroatoms. The lowest BCUT2D eigenvalue weighted by Crippen LogP contribution is -2.03. The number of alkyl halides is 1. The summed E-state index contributed by atoms with van der Waals surface area (Å²) in [6.45, 7) is 5.36. The van der Waals surface area contributed by atoms with Crippen molar-refractivity contribution < 1.29 is 0 Å². The summed E-state index contributed by atoms with van der Waals surface area (Å²) in [5, 5.41) is 9.13. The average Bonchev–Trinajstić information content (AvgIpc) is 2.76. The zero-order valence-corrected chi connectivity index (χ0v) is 12.1. The fraction of sp³-hybridized carbons (Fsp3) is 0.467. The van der Waals surface area contributed by atoms with Crippen molar-refractivity contribution in [1.82, 2.24) is 9.55 Å². The molecule has 0 N–H and O–H groups in total. The third-order valence-electron chi connectivity index (χ3n) is 3.26. The number of hydrogen-bond acceptors (Lipinski definition) is 2. The molecule has 0 atom stereocenters. The highest BCUT2D eigenvalue weighted by Crippen LogP contribution is 2.22. The molecule has 0 spiro atoms. The fourth-order valence-corrected chi connectivity index (χ4v) is 2.50. The molecule has 0 saturated heterocycles. The number of halogens is 1. The normalized spacial score (nSPS) is 11.1. The largest absolute Gasteiger partial charge is 0.327 e. The highest BCUT2D eigenvalue weighted by atomic mass is 35.5. The maximum absolute atomic E-state index is 9.13. The Morgan fingerprint density at radius 3 is 2.84 bits per heavy atom. The lowest BCUT2D eigenvalue weighted by atomic mass is 10.1. The van der Waals surface area contributed by atoms with Crippen LogP contribution in [0.15, 0.2) is 18.2 Å². The maximum Gasteiger partial charge on any atom is 0.124 e. The second-order valence-electron chi connectivity index (χ2n) is 5.13. The van der Waals surface area contributed by atoms with Gasteiger partial charge in [0.15, 0.2) is 0 Å². The maximum atomic E-state index is 9.13. The van der Waals surface area contributed by atoms with Crippen molar-refractivity contribution in [2.45, 2.75) is 39.1 Å². The summed E-state index contributed by atoms with van der Waals surface area (Å²) in [5.41, 5.74) is 2.40. The summed E-state index contributed by atoms with van der Waals surface area (Å²) in [6, 6.07) is 7.90. The molecule has 1 aromatic carbocycles. The molecule has 0 aliphatic heterocycles. The van der Waals surface area contributed by atoms with Crippen molar-refractivity contribution in [2.75, 3.05) is 0 Å². The highest BCUT2D eigenvalue weighted by molar-refractivity contribution is 6.16. The molecule has 1 heterocycles. The number of rotatable bonds is 5. The predicted molar refractivity (Wildman–Crippen MR) is 78.1 cm³/mol. The molecule has 0 fully saturated rings. The van der Waals surface area contributed by atoms with E-state index in [0.717, 1.165) is 29.8 Å². The standard InChI is InChI=1S/C15H18ClN3/c1-11(2)5-4-8-19-13-7-3-6-12(10-17)15(13)18-14(19)9-16/h3,6-7,11H,4-5,8-9H2,1-2H3. The number of hydrogen-bond donors (Lipinski definition) is 0. The minimum Gasteiger partial charge on any atom is -0.327 e. The van der Waals surface area contributed by atoms with Gasteiger partial charge in [-0.3, -0.25) is 0 Å². The van der Waals surface area contributed by atoms with Crippen LogP contribution in [-0.2, 0) is 12.4 Å². The van der Waals surface area contributed by atoms with Gasteiger partial charge in [-0.05, 0) is 30.9 Å². The smallest absolute Gasteiger partial charge is 0.124 e. The first-order chi connectivity index (χ1) is 9.17. The Morgan fingerprint density at radius 2 is 2.21 bits per heavy atom. The summed E-state index contributed by atoms with van der Waals surface area (Å²) in [6.07, 6.45) is 2.28. The van der Waals surface area contributed by atoms with Gasteiger partial charge in [0, 0.05) is 6.54 Å². The molecular weight excluding hydrogens is 258 g/mol. The van der Waals surface area contributed by atoms with Crippen molar-refractivity contribution in [1.29, 1.82) is 5.26 Å². The summed E-state index contributed by atoms with van der Waals surface area (Å²) < 4.78 is 2.14. The summed E-state index contributed by atoms with van der Waals surface area (Å²) in [7, 11) is 0. The Bertz CT molecular complexity index is 608. The van der Waals surface area contributed by atoms with Gasteiger partial charge < -0.3 is 4.57 Å². The lowest BCUT2D eigenvalue weighted by Gasteiger charge is -2.09. The van der Waals surface area contributed by atoms with Crippen molar-refractivity contribution in [2.24, 2.45) is 5.92 Å². The molecule has 0 bridgehead atoms. The number of benzene rings is 1. The van der Waals surface area contributed by atoms with E-state index in [-0.39, 0.29) is 0 Å². The van der Waals surface area contributed by atoms with Gasteiger partial charge in [0.25, 0.3) is 0 Å². The van der Waals surface area contributed by atoms with Crippen LogP contribution in [0.4, 0.5) is 0 Å². The summed E-state index contributed by atoms with van der Waals surface area (Å²) in [5.74, 6) is 1.92. The van der Waals surface area contributed by atoms with Crippen LogP contribution in [0.1, 0.15) is 38.1 Å². The van der Waals surface area contributed by atoms with E-state index in [1.54, 1.807) is 6.07 Å². The van der Waals surface area contributed by atoms with Gasteiger partial charge in [-0.25, -0.2) is 4.98 Å². The Kier molecular flexibility index (Phi) is 4.44. The van der Waals surface area contributed by atoms with Crippen LogP contribution < -0.4 is 0 Å². The Labute approximate surface area is 118 Å². The topological polar surface area (TPSA) is 41.6 Å². The van der Waals surface area contributed by atoms with Crippen molar-refractivity contribution in [3.05, 3.63) is 29.6 Å². The van der Waals surface area contributed by atoms with Crippen LogP contribution in [-0.4, -0.2) is 9.55 Å². The molecule has 2 rings (SSSR count). The zero-order valence-electron chi connectivity index (χ0n) is 11.4. The summed E-state index contributed by atoms with van der Waals surface area (Å²) >= 11 is 5.97. The van der Waals surface area contributed by atoms with E-state index in [1.165, 1.54) is 6.42 Å². The van der Waals surface area contributed by atoms with E-state index in [9.17, 15) is 0 Å². The Balaban J connectivity index is 2.38. The van der Waals surface area contributed by atoms with Crippen LogP contribution in [0.3, 0.4) is 0 Å². The van der Waals surface area contributed by atoms with Crippen LogP contribution in [0.2, 0.25) is 0 Å². The van der Waals surface area contributed by atoms with Gasteiger partial charge in [-0.15, -0.1) is 11.6 Å². The molecule has 0 radical (unpaired) electrons. The SMILES string of the molecule is CC(C)CCCn1c(CCl)nc2c(C#N)cccc21. The number of fused-ring (bicyclic) bond motifs is 1. The third-order valence-corrected chi connectivity index (χ3v) is 3.50. The van der Waals surface area contributed by atoms with Gasteiger partial charge in [0.1, 0.15) is 17.4 Å². The van der Waals surface area contributed by atoms with Crippen molar-refractivity contribution in [3.8, 4) is 6.07 Å². The lowest BCUT2D eigenvalue weighted by molar-refractivity contribution is 0.512. The molecular formula is C15H18ClN3. The minimum atomic E-state index is 0.376. The molecule has 1 aromatic heterocycles. The first-order valence-electron chi connectivity index (χ1n) is 6.61. The van der Waals surface area contributed by atoms with Crippen molar-refractivity contribution >= 4 is 22.6 Å². The summed E-state index contributed by atoms with van der Waals surface area (Å²) in [4.78, 5) is 4.51. The van der Waals surface area contributed by atoms with E-state index >= 15 is 0 Å². The second kappa shape index (κ2) is 6.08. The van der Waals surface area contributed by atoms with Gasteiger partial charge in [-0.2, -0.15) is 5.26 Å². The number of nitrogens with zero attached hydrogens (tertiary/aromatic N) is 3. The van der Waals surface area contributed by atoms with Gasteiger partial charge in [0.05, 0.1) is 17.0 Å². The second-order valence-corrected chi connectivity index (χ2v) is 5.40. The number of aromatic nitrogens is 2. The van der Waals surface area contributed by atoms with E-state index in [4.69, 9.17) is 16.9 Å². The third kappa shape index (κ3) is 2.90. The number of nitriles is 1. The quantitative estimate of drug-likeness (QED) is 0.772. The first-order valence-corrected chi connectivity index (χ1v) is 7.15. The Hall–Kier alpha value is -1.53. The molecule has 19 heavy (non-hydrogen) atoms. The first kappa shape index (κ1) is 13.9. The molecule has 3 nitrogen and oxygen atoms in total. The minimum absolute atomic E-state index is 0.376. The van der Waals surface area contributed by atoms with Crippen molar-refractivity contribution in [3.63, 3.8) is 0 Å². The predicted octanol–water partition coefficient (Wildman–Crippen LogP) is 4.08. The van der Waals surface area contributed by atoms with E-state index in [0.29, 0.717) is 17.4 Å². The van der Waals surface area contributed by atoms with Gasteiger partial charge in [-0.1, -0.05) is 19.9 Å². The van der Waals surface area contributed by atoms with E-state index in [2.05, 4.69) is 29.5 Å². The Morgan fingerprint density at radius 1 is 1.42 bits per heavy atom. The monoisotopic (exact) mass is 275 g/mol. The van der Waals surface area contributed by atoms with Crippen LogP contribution >= 0.6 is 11.6 Å². The van der Waals surface area contributed by atoms with Crippen LogP contribution in [0, 0.1) is 17.2 Å². The molecule has 0 amide bonds. The van der Waals surface area contributed by atoms with Gasteiger partial charge >= 0.3 is 0 Å². The molecule has 0 saturated carbocycles. The number of imidazole rings is 1. The number of para-hydroxylation sites is 1. The van der Waals surface area contributed by atoms with E-state index < -0.39 is 0 Å². The van der Waals surface area contributed by atoms with Crippen LogP contribution in [0.25, 0.3) is 11.0 Å². The van der Waals surface area contributed by atoms with Crippen LogP contribution in [0.5, 0.6) is 0 Å². The molecule has 2 aromatic rings. The van der Waals surface area contributed by atoms with Gasteiger partial charge in [0.2, 0.25) is 0 Å². The fourth-order valence-electron chi connectivity index (χ4n) is 2.29. The molecule has 100 valence electrons. The van der Waals surface area contributed by atoms with E-state index in [1.807, 2.05) is 12.1 Å². The zero-order chi connectivity index (χ0) is 13.8. The molecule has 0 aliphatic rings. The molecule has 0 aliphatic carbocycles. The average molecular weight is 276 g/mol. The molecule has 0 unspecified atom stereocenters. The number of aryl methyl sites for hydroxylation is 1. The highest BCUT2D eigenvalue weighted by Gasteiger charge is 2.12.